The van der Waals surface area contributed by atoms with Gasteiger partial charge in [0.1, 0.15) is 0 Å². The molecule has 2 aromatic carbocycles. The van der Waals surface area contributed by atoms with Crippen molar-refractivity contribution >= 4 is 17.7 Å². The number of carbonyl (C=O) groups is 3. The lowest BCUT2D eigenvalue weighted by Gasteiger charge is -2.22. The van der Waals surface area contributed by atoms with Gasteiger partial charge < -0.3 is 10.4 Å². The van der Waals surface area contributed by atoms with Gasteiger partial charge >= 0.3 is 5.97 Å². The smallest absolute Gasteiger partial charge is 0.308 e. The number of carboxylic acid groups (broad SMARTS) is 1. The van der Waals surface area contributed by atoms with Crippen molar-refractivity contribution in [3.05, 3.63) is 71.3 Å². The number of nitrogens with one attached hydrogen (secondary N) is 1. The zero-order valence-electron chi connectivity index (χ0n) is 13.5. The summed E-state index contributed by atoms with van der Waals surface area (Å²) in [4.78, 5) is 35.8. The second-order valence-corrected chi connectivity index (χ2v) is 5.68. The highest BCUT2D eigenvalue weighted by atomic mass is 16.4. The van der Waals surface area contributed by atoms with Crippen molar-refractivity contribution in [1.82, 2.24) is 5.32 Å². The van der Waals surface area contributed by atoms with Crippen LogP contribution in [0.1, 0.15) is 34.5 Å². The molecule has 2 aromatic rings. The molecule has 24 heavy (non-hydrogen) atoms. The van der Waals surface area contributed by atoms with Gasteiger partial charge in [0.05, 0.1) is 12.0 Å². The molecule has 0 saturated heterocycles. The van der Waals surface area contributed by atoms with Crippen LogP contribution < -0.4 is 5.32 Å². The minimum atomic E-state index is -1.05. The van der Waals surface area contributed by atoms with Crippen molar-refractivity contribution in [2.24, 2.45) is 5.92 Å². The van der Waals surface area contributed by atoms with E-state index in [0.29, 0.717) is 5.56 Å². The van der Waals surface area contributed by atoms with Gasteiger partial charge in [-0.25, -0.2) is 0 Å². The summed E-state index contributed by atoms with van der Waals surface area (Å²) in [6.45, 7) is 3.41. The summed E-state index contributed by atoms with van der Waals surface area (Å²) in [6, 6.07) is 14.6. The number of benzene rings is 2. The van der Waals surface area contributed by atoms with Crippen molar-refractivity contribution in [3.63, 3.8) is 0 Å². The molecule has 5 heteroatoms. The molecule has 2 N–H and O–H groups in total. The molecule has 0 radical (unpaired) electrons. The summed E-state index contributed by atoms with van der Waals surface area (Å²) in [5.74, 6) is -3.43. The Morgan fingerprint density at radius 1 is 0.958 bits per heavy atom. The molecule has 2 rings (SSSR count). The van der Waals surface area contributed by atoms with Crippen molar-refractivity contribution in [1.29, 1.82) is 0 Å². The fraction of sp³-hybridized carbons (Fsp3) is 0.211. The maximum Gasteiger partial charge on any atom is 0.308 e. The quantitative estimate of drug-likeness (QED) is 0.632. The van der Waals surface area contributed by atoms with Gasteiger partial charge in [-0.3, -0.25) is 14.4 Å². The first-order valence-electron chi connectivity index (χ1n) is 7.59. The molecule has 0 fully saturated rings. The normalized spacial score (nSPS) is 12.9. The number of amides is 1. The lowest BCUT2D eigenvalue weighted by molar-refractivity contribution is -0.142. The van der Waals surface area contributed by atoms with Crippen LogP contribution in [0.25, 0.3) is 0 Å². The van der Waals surface area contributed by atoms with Gasteiger partial charge in [0.15, 0.2) is 0 Å². The Kier molecular flexibility index (Phi) is 5.47. The lowest BCUT2D eigenvalue weighted by atomic mass is 9.93. The molecule has 2 atom stereocenters. The molecule has 0 aliphatic heterocycles. The maximum absolute atomic E-state index is 12.3. The number of ketones is 1. The highest BCUT2D eigenvalue weighted by Crippen LogP contribution is 2.23. The Hall–Kier alpha value is -2.95. The Morgan fingerprint density at radius 2 is 1.54 bits per heavy atom. The first-order chi connectivity index (χ1) is 11.4. The van der Waals surface area contributed by atoms with Crippen molar-refractivity contribution < 1.29 is 19.5 Å². The van der Waals surface area contributed by atoms with Crippen LogP contribution in [0.2, 0.25) is 0 Å². The fourth-order valence-corrected chi connectivity index (χ4v) is 2.34. The summed E-state index contributed by atoms with van der Waals surface area (Å²) >= 11 is 0. The number of carboxylic acids is 1. The second kappa shape index (κ2) is 7.55. The van der Waals surface area contributed by atoms with E-state index in [0.717, 1.165) is 5.56 Å². The van der Waals surface area contributed by atoms with Crippen LogP contribution >= 0.6 is 0 Å². The van der Waals surface area contributed by atoms with Crippen LogP contribution in [0, 0.1) is 12.8 Å². The molecule has 5 nitrogen and oxygen atoms in total. The molecule has 0 aromatic heterocycles. The van der Waals surface area contributed by atoms with Crippen LogP contribution in [0.5, 0.6) is 0 Å². The Bertz CT molecular complexity index is 738. The number of hydrogen-bond donors (Lipinski definition) is 2. The molecular weight excluding hydrogens is 306 g/mol. The highest BCUT2D eigenvalue weighted by molar-refractivity contribution is 6.42. The van der Waals surface area contributed by atoms with Crippen LogP contribution in [0.3, 0.4) is 0 Å². The SMILES string of the molecule is Cc1ccc([C@@H](NC(=O)C(=O)c2ccccc2)[C@@H](C)C(=O)O)cc1. The van der Waals surface area contributed by atoms with Crippen molar-refractivity contribution in [2.45, 2.75) is 19.9 Å². The zero-order valence-corrected chi connectivity index (χ0v) is 13.5. The lowest BCUT2D eigenvalue weighted by Crippen LogP contribution is -2.39. The first-order valence-corrected chi connectivity index (χ1v) is 7.59. The fourth-order valence-electron chi connectivity index (χ4n) is 2.34. The Labute approximate surface area is 140 Å². The van der Waals surface area contributed by atoms with E-state index < -0.39 is 29.6 Å². The van der Waals surface area contributed by atoms with E-state index in [4.69, 9.17) is 0 Å². The van der Waals surface area contributed by atoms with Crippen LogP contribution in [-0.4, -0.2) is 22.8 Å². The van der Waals surface area contributed by atoms with E-state index in [1.165, 1.54) is 6.92 Å². The monoisotopic (exact) mass is 325 g/mol. The van der Waals surface area contributed by atoms with E-state index in [2.05, 4.69) is 5.32 Å². The number of hydrogen-bond acceptors (Lipinski definition) is 3. The van der Waals surface area contributed by atoms with Gasteiger partial charge in [0.25, 0.3) is 5.91 Å². The third-order valence-electron chi connectivity index (χ3n) is 3.85. The molecule has 124 valence electrons. The number of carbonyl (C=O) groups excluding carboxylic acids is 2. The Morgan fingerprint density at radius 3 is 2.08 bits per heavy atom. The van der Waals surface area contributed by atoms with Crippen LogP contribution in [0.4, 0.5) is 0 Å². The topological polar surface area (TPSA) is 83.5 Å². The molecule has 0 bridgehead atoms. The van der Waals surface area contributed by atoms with Crippen molar-refractivity contribution in [2.75, 3.05) is 0 Å². The third kappa shape index (κ3) is 4.07. The second-order valence-electron chi connectivity index (χ2n) is 5.68. The van der Waals surface area contributed by atoms with Gasteiger partial charge in [-0.05, 0) is 19.4 Å². The van der Waals surface area contributed by atoms with Gasteiger partial charge in [-0.2, -0.15) is 0 Å². The molecule has 0 unspecified atom stereocenters. The van der Waals surface area contributed by atoms with Crippen LogP contribution in [-0.2, 0) is 9.59 Å². The molecule has 0 aliphatic carbocycles. The number of Topliss-reactive ketones (excluding diaryl/α,β-unsaturated/α-hetero) is 1. The minimum absolute atomic E-state index is 0.264. The van der Waals surface area contributed by atoms with E-state index in [-0.39, 0.29) is 5.56 Å². The molecule has 0 heterocycles. The maximum atomic E-state index is 12.3. The highest BCUT2D eigenvalue weighted by Gasteiger charge is 2.29. The predicted octanol–water partition coefficient (Wildman–Crippen LogP) is 2.76. The first kappa shape index (κ1) is 17.4. The summed E-state index contributed by atoms with van der Waals surface area (Å²) in [5, 5.41) is 11.9. The van der Waals surface area contributed by atoms with E-state index in [1.807, 2.05) is 19.1 Å². The van der Waals surface area contributed by atoms with Crippen molar-refractivity contribution in [3.8, 4) is 0 Å². The molecule has 0 spiro atoms. The number of aliphatic carboxylic acids is 1. The van der Waals surface area contributed by atoms with Gasteiger partial charge in [0, 0.05) is 5.56 Å². The minimum Gasteiger partial charge on any atom is -0.481 e. The summed E-state index contributed by atoms with van der Waals surface area (Å²) < 4.78 is 0. The van der Waals surface area contributed by atoms with Gasteiger partial charge in [0.2, 0.25) is 5.78 Å². The van der Waals surface area contributed by atoms with Crippen LogP contribution in [0.15, 0.2) is 54.6 Å². The summed E-state index contributed by atoms with van der Waals surface area (Å²) in [7, 11) is 0. The number of aryl methyl sites for hydroxylation is 1. The predicted molar refractivity (Wildman–Crippen MR) is 89.6 cm³/mol. The average Bonchev–Trinajstić information content (AvgIpc) is 2.59. The van der Waals surface area contributed by atoms with Gasteiger partial charge in [-0.15, -0.1) is 0 Å². The van der Waals surface area contributed by atoms with E-state index >= 15 is 0 Å². The zero-order chi connectivity index (χ0) is 17.7. The average molecular weight is 325 g/mol. The van der Waals surface area contributed by atoms with E-state index in [1.54, 1.807) is 42.5 Å². The molecular formula is C19H19NO4. The molecule has 0 saturated carbocycles. The molecule has 1 amide bonds. The molecule has 0 aliphatic rings. The summed E-state index contributed by atoms with van der Waals surface area (Å²) in [6.07, 6.45) is 0. The Balaban J connectivity index is 2.25. The number of rotatable bonds is 6. The summed E-state index contributed by atoms with van der Waals surface area (Å²) in [5.41, 5.74) is 1.93. The van der Waals surface area contributed by atoms with Gasteiger partial charge in [-0.1, -0.05) is 60.2 Å². The third-order valence-corrected chi connectivity index (χ3v) is 3.85. The van der Waals surface area contributed by atoms with E-state index in [9.17, 15) is 19.5 Å². The largest absolute Gasteiger partial charge is 0.481 e. The standard InChI is InChI=1S/C19H19NO4/c1-12-8-10-14(11-9-12)16(13(2)19(23)24)20-18(22)17(21)15-6-4-3-5-7-15/h3-11,13,16H,1-2H3,(H,20,22)(H,23,24)/t13-,16+/m1/s1.